The summed E-state index contributed by atoms with van der Waals surface area (Å²) in [4.78, 5) is 0.348. The van der Waals surface area contributed by atoms with E-state index in [1.54, 1.807) is 0 Å². The van der Waals surface area contributed by atoms with Crippen LogP contribution >= 0.6 is 15.9 Å². The molecule has 0 amide bonds. The molecule has 1 aromatic rings. The van der Waals surface area contributed by atoms with Crippen molar-refractivity contribution in [2.75, 3.05) is 6.54 Å². The summed E-state index contributed by atoms with van der Waals surface area (Å²) in [6.45, 7) is 7.98. The van der Waals surface area contributed by atoms with Crippen molar-refractivity contribution in [3.05, 3.63) is 71.3 Å². The van der Waals surface area contributed by atoms with Gasteiger partial charge in [-0.15, -0.1) is 0 Å². The SMILES string of the molecule is CC.CC1=CC(Br)C=CC=C1CNCc1ccccc1. The van der Waals surface area contributed by atoms with Crippen molar-refractivity contribution in [3.63, 3.8) is 0 Å². The topological polar surface area (TPSA) is 12.0 Å². The van der Waals surface area contributed by atoms with Crippen LogP contribution in [0.15, 0.2) is 65.8 Å². The van der Waals surface area contributed by atoms with Crippen LogP contribution in [0.2, 0.25) is 0 Å². The Kier molecular flexibility index (Phi) is 8.24. The van der Waals surface area contributed by atoms with Crippen LogP contribution in [0.25, 0.3) is 0 Å². The largest absolute Gasteiger partial charge is 0.309 e. The highest BCUT2D eigenvalue weighted by molar-refractivity contribution is 9.09. The van der Waals surface area contributed by atoms with E-state index in [2.05, 4.69) is 76.7 Å². The summed E-state index contributed by atoms with van der Waals surface area (Å²) in [5.74, 6) is 0. The molecule has 1 N–H and O–H groups in total. The van der Waals surface area contributed by atoms with Gasteiger partial charge in [-0.2, -0.15) is 0 Å². The summed E-state index contributed by atoms with van der Waals surface area (Å²) < 4.78 is 0. The second-order valence-corrected chi connectivity index (χ2v) is 5.52. The average Bonchev–Trinajstić information content (AvgIpc) is 2.63. The van der Waals surface area contributed by atoms with Crippen molar-refractivity contribution in [1.82, 2.24) is 5.32 Å². The highest BCUT2D eigenvalue weighted by Crippen LogP contribution is 2.17. The van der Waals surface area contributed by atoms with Crippen LogP contribution in [0.3, 0.4) is 0 Å². The molecular formula is C18H24BrN. The van der Waals surface area contributed by atoms with E-state index in [1.165, 1.54) is 16.7 Å². The minimum Gasteiger partial charge on any atom is -0.309 e. The lowest BCUT2D eigenvalue weighted by molar-refractivity contribution is 0.742. The molecular weight excluding hydrogens is 310 g/mol. The van der Waals surface area contributed by atoms with E-state index in [1.807, 2.05) is 19.9 Å². The quantitative estimate of drug-likeness (QED) is 0.764. The van der Waals surface area contributed by atoms with Crippen LogP contribution < -0.4 is 5.32 Å². The molecule has 0 saturated carbocycles. The number of alkyl halides is 1. The van der Waals surface area contributed by atoms with Crippen LogP contribution in [0.1, 0.15) is 26.3 Å². The van der Waals surface area contributed by atoms with Gasteiger partial charge in [-0.3, -0.25) is 0 Å². The predicted octanol–water partition coefficient (Wildman–Crippen LogP) is 5.01. The normalized spacial score (nSPS) is 17.5. The van der Waals surface area contributed by atoms with Crippen molar-refractivity contribution >= 4 is 15.9 Å². The zero-order valence-corrected chi connectivity index (χ0v) is 14.2. The van der Waals surface area contributed by atoms with Crippen molar-refractivity contribution in [3.8, 4) is 0 Å². The van der Waals surface area contributed by atoms with Gasteiger partial charge in [0.25, 0.3) is 0 Å². The first kappa shape index (κ1) is 16.9. The molecule has 1 nitrogen and oxygen atoms in total. The maximum absolute atomic E-state index is 3.59. The first-order valence-electron chi connectivity index (χ1n) is 7.20. The fraction of sp³-hybridized carbons (Fsp3) is 0.333. The highest BCUT2D eigenvalue weighted by Gasteiger charge is 2.05. The van der Waals surface area contributed by atoms with E-state index in [0.717, 1.165) is 13.1 Å². The van der Waals surface area contributed by atoms with Crippen LogP contribution in [0.5, 0.6) is 0 Å². The summed E-state index contributed by atoms with van der Waals surface area (Å²) in [6, 6.07) is 10.5. The molecule has 1 aliphatic rings. The third-order valence-corrected chi connectivity index (χ3v) is 3.57. The van der Waals surface area contributed by atoms with E-state index >= 15 is 0 Å². The lowest BCUT2D eigenvalue weighted by atomic mass is 10.1. The van der Waals surface area contributed by atoms with Crippen LogP contribution in [0, 0.1) is 0 Å². The molecule has 1 aromatic carbocycles. The summed E-state index contributed by atoms with van der Waals surface area (Å²) in [7, 11) is 0. The second kappa shape index (κ2) is 9.73. The zero-order valence-electron chi connectivity index (χ0n) is 12.6. The van der Waals surface area contributed by atoms with Gasteiger partial charge in [-0.05, 0) is 23.6 Å². The minimum atomic E-state index is 0.348. The minimum absolute atomic E-state index is 0.348. The standard InChI is InChI=1S/C16H18BrN.C2H6/c1-13-10-16(17)9-5-8-15(13)12-18-11-14-6-3-2-4-7-14;1-2/h2-10,16,18H,11-12H2,1H3;1-2H3. The van der Waals surface area contributed by atoms with Gasteiger partial charge in [-0.25, -0.2) is 0 Å². The third kappa shape index (κ3) is 5.89. The van der Waals surface area contributed by atoms with E-state index in [4.69, 9.17) is 0 Å². The molecule has 1 atom stereocenters. The molecule has 2 rings (SSSR count). The molecule has 0 aromatic heterocycles. The van der Waals surface area contributed by atoms with Gasteiger partial charge in [0, 0.05) is 13.1 Å². The molecule has 0 heterocycles. The molecule has 0 aliphatic heterocycles. The van der Waals surface area contributed by atoms with Gasteiger partial charge in [0.15, 0.2) is 0 Å². The van der Waals surface area contributed by atoms with E-state index in [0.29, 0.717) is 4.83 Å². The fourth-order valence-corrected chi connectivity index (χ4v) is 2.52. The van der Waals surface area contributed by atoms with Crippen LogP contribution in [-0.4, -0.2) is 11.4 Å². The maximum Gasteiger partial charge on any atom is 0.0514 e. The van der Waals surface area contributed by atoms with E-state index in [-0.39, 0.29) is 0 Å². The molecule has 20 heavy (non-hydrogen) atoms. The Morgan fingerprint density at radius 1 is 1.10 bits per heavy atom. The Labute approximate surface area is 131 Å². The number of rotatable bonds is 4. The van der Waals surface area contributed by atoms with Crippen molar-refractivity contribution < 1.29 is 0 Å². The first-order valence-corrected chi connectivity index (χ1v) is 8.12. The summed E-state index contributed by atoms with van der Waals surface area (Å²) in [5.41, 5.74) is 4.01. The molecule has 2 heteroatoms. The molecule has 0 fully saturated rings. The number of benzene rings is 1. The third-order valence-electron chi connectivity index (χ3n) is 3.00. The number of hydrogen-bond acceptors (Lipinski definition) is 1. The predicted molar refractivity (Wildman–Crippen MR) is 93.2 cm³/mol. The van der Waals surface area contributed by atoms with E-state index < -0.39 is 0 Å². The summed E-state index contributed by atoms with van der Waals surface area (Å²) in [6.07, 6.45) is 8.68. The number of halogens is 1. The van der Waals surface area contributed by atoms with Crippen molar-refractivity contribution in [1.29, 1.82) is 0 Å². The Hall–Kier alpha value is -1.12. The number of allylic oxidation sites excluding steroid dienone is 4. The first-order chi connectivity index (χ1) is 9.75. The lowest BCUT2D eigenvalue weighted by Crippen LogP contribution is -2.17. The second-order valence-electron chi connectivity index (χ2n) is 4.46. The van der Waals surface area contributed by atoms with Crippen molar-refractivity contribution in [2.45, 2.75) is 32.1 Å². The fourth-order valence-electron chi connectivity index (χ4n) is 1.95. The van der Waals surface area contributed by atoms with Gasteiger partial charge >= 0.3 is 0 Å². The van der Waals surface area contributed by atoms with Crippen LogP contribution in [0.4, 0.5) is 0 Å². The van der Waals surface area contributed by atoms with Gasteiger partial charge in [-0.1, -0.05) is 84.4 Å². The lowest BCUT2D eigenvalue weighted by Gasteiger charge is -2.09. The van der Waals surface area contributed by atoms with Crippen LogP contribution in [-0.2, 0) is 6.54 Å². The molecule has 0 saturated heterocycles. The Balaban J connectivity index is 0.000000956. The average molecular weight is 334 g/mol. The Bertz CT molecular complexity index is 471. The Morgan fingerprint density at radius 2 is 1.80 bits per heavy atom. The molecule has 0 radical (unpaired) electrons. The molecule has 1 unspecified atom stereocenters. The van der Waals surface area contributed by atoms with Gasteiger partial charge in [0.1, 0.15) is 0 Å². The monoisotopic (exact) mass is 333 g/mol. The Morgan fingerprint density at radius 3 is 2.50 bits per heavy atom. The van der Waals surface area contributed by atoms with Crippen molar-refractivity contribution in [2.24, 2.45) is 0 Å². The molecule has 0 spiro atoms. The smallest absolute Gasteiger partial charge is 0.0514 e. The van der Waals surface area contributed by atoms with Gasteiger partial charge in [0.2, 0.25) is 0 Å². The number of nitrogens with one attached hydrogen (secondary N) is 1. The zero-order chi connectivity index (χ0) is 14.8. The van der Waals surface area contributed by atoms with Gasteiger partial charge in [0.05, 0.1) is 4.83 Å². The van der Waals surface area contributed by atoms with Gasteiger partial charge < -0.3 is 5.32 Å². The highest BCUT2D eigenvalue weighted by atomic mass is 79.9. The maximum atomic E-state index is 3.59. The summed E-state index contributed by atoms with van der Waals surface area (Å²) in [5, 5.41) is 3.49. The summed E-state index contributed by atoms with van der Waals surface area (Å²) >= 11 is 3.59. The molecule has 0 bridgehead atoms. The molecule has 108 valence electrons. The number of hydrogen-bond donors (Lipinski definition) is 1. The van der Waals surface area contributed by atoms with E-state index in [9.17, 15) is 0 Å². The molecule has 1 aliphatic carbocycles.